The molecule has 0 saturated carbocycles. The monoisotopic (exact) mass is 320 g/mol. The number of hydrogen-bond acceptors (Lipinski definition) is 4. The average Bonchev–Trinajstić information content (AvgIpc) is 2.59. The van der Waals surface area contributed by atoms with Gasteiger partial charge in [-0.1, -0.05) is 36.4 Å². The molecule has 3 rings (SSSR count). The molecule has 0 bridgehead atoms. The molecule has 6 heteroatoms. The second-order valence-electron chi connectivity index (χ2n) is 5.28. The van der Waals surface area contributed by atoms with Gasteiger partial charge in [0.25, 0.3) is 5.91 Å². The lowest BCUT2D eigenvalue weighted by atomic mass is 10.1. The Morgan fingerprint density at radius 3 is 2.62 bits per heavy atom. The Balaban J connectivity index is 1.89. The predicted molar refractivity (Wildman–Crippen MR) is 91.4 cm³/mol. The minimum absolute atomic E-state index is 0.0106. The summed E-state index contributed by atoms with van der Waals surface area (Å²) in [6.07, 6.45) is 0. The van der Waals surface area contributed by atoms with Gasteiger partial charge >= 0.3 is 0 Å². The van der Waals surface area contributed by atoms with Crippen LogP contribution in [0.2, 0.25) is 0 Å². The molecule has 0 unspecified atom stereocenters. The Morgan fingerprint density at radius 1 is 1.12 bits per heavy atom. The summed E-state index contributed by atoms with van der Waals surface area (Å²) in [5, 5.41) is 12.6. The number of nitrogens with two attached hydrogens (primary N) is 1. The highest BCUT2D eigenvalue weighted by atomic mass is 16.3. The van der Waals surface area contributed by atoms with Crippen LogP contribution in [0.1, 0.15) is 21.5 Å². The van der Waals surface area contributed by atoms with E-state index in [9.17, 15) is 4.79 Å². The summed E-state index contributed by atoms with van der Waals surface area (Å²) in [4.78, 5) is 12.2. The van der Waals surface area contributed by atoms with E-state index in [4.69, 9.17) is 15.6 Å². The lowest BCUT2D eigenvalue weighted by Crippen LogP contribution is -2.28. The van der Waals surface area contributed by atoms with Crippen molar-refractivity contribution in [2.24, 2.45) is 10.8 Å². The molecule has 0 aliphatic carbocycles. The molecule has 0 fully saturated rings. The van der Waals surface area contributed by atoms with Gasteiger partial charge in [0, 0.05) is 10.9 Å². The topological polar surface area (TPSA) is 104 Å². The van der Waals surface area contributed by atoms with Gasteiger partial charge in [0.15, 0.2) is 5.84 Å². The second-order valence-corrected chi connectivity index (χ2v) is 5.28. The molecular formula is C18H16N4O2. The number of amides is 1. The highest BCUT2D eigenvalue weighted by molar-refractivity contribution is 6.01. The summed E-state index contributed by atoms with van der Waals surface area (Å²) in [6, 6.07) is 16.2. The van der Waals surface area contributed by atoms with Crippen LogP contribution in [-0.2, 0) is 0 Å². The number of para-hydroxylation sites is 1. The molecule has 120 valence electrons. The number of aryl methyl sites for hydroxylation is 1. The van der Waals surface area contributed by atoms with Crippen LogP contribution < -0.4 is 16.7 Å². The van der Waals surface area contributed by atoms with Crippen LogP contribution in [0.4, 0.5) is 0 Å². The number of amidine groups is 1. The van der Waals surface area contributed by atoms with E-state index in [-0.39, 0.29) is 17.3 Å². The molecule has 4 N–H and O–H groups in total. The summed E-state index contributed by atoms with van der Waals surface area (Å²) < 4.78 is 5.42. The fraction of sp³-hybridized carbons (Fsp3) is 0.0556. The largest absolute Gasteiger partial charge is 0.438 e. The van der Waals surface area contributed by atoms with Gasteiger partial charge in [-0.3, -0.25) is 10.2 Å². The molecule has 3 aromatic rings. The van der Waals surface area contributed by atoms with E-state index in [1.165, 1.54) is 0 Å². The minimum atomic E-state index is -0.361. The first-order valence-electron chi connectivity index (χ1n) is 7.33. The third kappa shape index (κ3) is 3.03. The number of carbonyl (C=O) groups excluding carboxylic acids is 1. The molecule has 0 spiro atoms. The van der Waals surface area contributed by atoms with Gasteiger partial charge in [-0.05, 0) is 30.7 Å². The number of carbonyl (C=O) groups is 1. The molecular weight excluding hydrogens is 304 g/mol. The van der Waals surface area contributed by atoms with Crippen molar-refractivity contribution in [3.05, 3.63) is 76.8 Å². The molecule has 0 saturated heterocycles. The predicted octanol–water partition coefficient (Wildman–Crippen LogP) is 2.27. The van der Waals surface area contributed by atoms with Gasteiger partial charge in [0.2, 0.25) is 5.55 Å². The number of hydrogen-bond donors (Lipinski definition) is 3. The Hall–Kier alpha value is -3.41. The Kier molecular flexibility index (Phi) is 4.11. The zero-order valence-corrected chi connectivity index (χ0v) is 13.0. The van der Waals surface area contributed by atoms with Crippen LogP contribution in [0.3, 0.4) is 0 Å². The maximum atomic E-state index is 12.2. The van der Waals surface area contributed by atoms with Crippen LogP contribution in [0.5, 0.6) is 0 Å². The van der Waals surface area contributed by atoms with Gasteiger partial charge in [-0.15, -0.1) is 0 Å². The molecule has 24 heavy (non-hydrogen) atoms. The van der Waals surface area contributed by atoms with Crippen molar-refractivity contribution in [3.63, 3.8) is 0 Å². The number of nitrogens with one attached hydrogen (secondary N) is 2. The zero-order chi connectivity index (χ0) is 17.1. The fourth-order valence-corrected chi connectivity index (χ4v) is 2.33. The van der Waals surface area contributed by atoms with E-state index in [0.29, 0.717) is 16.7 Å². The van der Waals surface area contributed by atoms with Crippen molar-refractivity contribution in [1.82, 2.24) is 5.43 Å². The first-order chi connectivity index (χ1) is 11.6. The molecule has 1 heterocycles. The number of rotatable bonds is 3. The Bertz CT molecular complexity index is 1010. The molecule has 0 atom stereocenters. The van der Waals surface area contributed by atoms with Crippen molar-refractivity contribution in [3.8, 4) is 0 Å². The minimum Gasteiger partial charge on any atom is -0.438 e. The lowest BCUT2D eigenvalue weighted by molar-refractivity contribution is 0.0954. The van der Waals surface area contributed by atoms with Crippen LogP contribution in [0.15, 0.2) is 64.1 Å². The molecule has 0 aliphatic heterocycles. The van der Waals surface area contributed by atoms with Gasteiger partial charge < -0.3 is 10.2 Å². The van der Waals surface area contributed by atoms with E-state index >= 15 is 0 Å². The van der Waals surface area contributed by atoms with E-state index in [1.807, 2.05) is 37.3 Å². The van der Waals surface area contributed by atoms with Gasteiger partial charge in [0.05, 0.1) is 5.56 Å². The Morgan fingerprint density at radius 2 is 1.83 bits per heavy atom. The quantitative estimate of drug-likeness (QED) is 0.391. The lowest BCUT2D eigenvalue weighted by Gasteiger charge is -2.06. The normalized spacial score (nSPS) is 11.5. The first kappa shape index (κ1) is 15.5. The summed E-state index contributed by atoms with van der Waals surface area (Å²) in [7, 11) is 0. The van der Waals surface area contributed by atoms with E-state index < -0.39 is 0 Å². The second kappa shape index (κ2) is 6.37. The number of benzene rings is 2. The maximum Gasteiger partial charge on any atom is 0.271 e. The third-order valence-corrected chi connectivity index (χ3v) is 3.62. The van der Waals surface area contributed by atoms with E-state index in [2.05, 4.69) is 10.5 Å². The number of fused-ring (bicyclic) bond motifs is 1. The van der Waals surface area contributed by atoms with Crippen LogP contribution in [0, 0.1) is 12.3 Å². The van der Waals surface area contributed by atoms with Crippen molar-refractivity contribution in [2.45, 2.75) is 6.92 Å². The highest BCUT2D eigenvalue weighted by Gasteiger charge is 2.10. The average molecular weight is 320 g/mol. The van der Waals surface area contributed by atoms with Crippen molar-refractivity contribution in [2.75, 3.05) is 0 Å². The highest BCUT2D eigenvalue weighted by Crippen LogP contribution is 2.12. The van der Waals surface area contributed by atoms with Gasteiger partial charge in [0.1, 0.15) is 5.58 Å². The molecule has 1 amide bonds. The summed E-state index contributed by atoms with van der Waals surface area (Å²) >= 11 is 0. The van der Waals surface area contributed by atoms with Crippen molar-refractivity contribution < 1.29 is 9.21 Å². The van der Waals surface area contributed by atoms with Crippen molar-refractivity contribution >= 4 is 22.7 Å². The molecule has 2 aromatic carbocycles. The fourth-order valence-electron chi connectivity index (χ4n) is 2.33. The zero-order valence-electron chi connectivity index (χ0n) is 13.0. The summed E-state index contributed by atoms with van der Waals surface area (Å²) in [6.45, 7) is 1.84. The van der Waals surface area contributed by atoms with E-state index in [1.54, 1.807) is 24.3 Å². The molecule has 1 aromatic heterocycles. The van der Waals surface area contributed by atoms with Crippen LogP contribution in [0.25, 0.3) is 11.0 Å². The molecule has 0 radical (unpaired) electrons. The summed E-state index contributed by atoms with van der Waals surface area (Å²) in [5.41, 5.74) is 10.5. The smallest absolute Gasteiger partial charge is 0.271 e. The van der Waals surface area contributed by atoms with Crippen LogP contribution in [-0.4, -0.2) is 11.7 Å². The standard InChI is InChI=1S/C18H16N4O2/c1-11-6-2-4-8-13(11)18(23)22-21-16(19)14-10-12-7-3-5-9-15(12)24-17(14)20/h2-10,20H,1H3,(H2,19,21)(H,22,23). The molecule has 6 nitrogen and oxygen atoms in total. The van der Waals surface area contributed by atoms with Crippen molar-refractivity contribution in [1.29, 1.82) is 5.41 Å². The number of nitrogens with zero attached hydrogens (tertiary/aromatic N) is 1. The van der Waals surface area contributed by atoms with Gasteiger partial charge in [-0.2, -0.15) is 5.10 Å². The number of hydrazone groups is 1. The maximum absolute atomic E-state index is 12.2. The SMILES string of the molecule is Cc1ccccc1C(=O)N/N=C(/N)c1cc2ccccc2oc1=N. The third-order valence-electron chi connectivity index (χ3n) is 3.62. The van der Waals surface area contributed by atoms with E-state index in [0.717, 1.165) is 10.9 Å². The molecule has 0 aliphatic rings. The Labute approximate surface area is 138 Å². The summed E-state index contributed by atoms with van der Waals surface area (Å²) in [5.74, 6) is -0.350. The first-order valence-corrected chi connectivity index (χ1v) is 7.33. The van der Waals surface area contributed by atoms with Crippen LogP contribution >= 0.6 is 0 Å². The van der Waals surface area contributed by atoms with Gasteiger partial charge in [-0.25, -0.2) is 5.43 Å².